The van der Waals surface area contributed by atoms with Gasteiger partial charge in [-0.2, -0.15) is 0 Å². The van der Waals surface area contributed by atoms with Crippen molar-refractivity contribution in [1.82, 2.24) is 5.32 Å². The zero-order valence-corrected chi connectivity index (χ0v) is 16.1. The third kappa shape index (κ3) is 3.88. The second-order valence-corrected chi connectivity index (χ2v) is 7.37. The van der Waals surface area contributed by atoms with E-state index < -0.39 is 11.0 Å². The molecule has 0 saturated heterocycles. The Hall–Kier alpha value is -3.22. The van der Waals surface area contributed by atoms with E-state index in [4.69, 9.17) is 0 Å². The van der Waals surface area contributed by atoms with Gasteiger partial charge in [-0.15, -0.1) is 0 Å². The molecule has 28 heavy (non-hydrogen) atoms. The quantitative estimate of drug-likeness (QED) is 0.636. The molecule has 0 bridgehead atoms. The molecule has 1 atom stereocenters. The Morgan fingerprint density at radius 2 is 1.82 bits per heavy atom. The predicted molar refractivity (Wildman–Crippen MR) is 106 cm³/mol. The second kappa shape index (κ2) is 7.80. The summed E-state index contributed by atoms with van der Waals surface area (Å²) in [6.45, 7) is 6.11. The van der Waals surface area contributed by atoms with Crippen molar-refractivity contribution in [2.45, 2.75) is 33.2 Å². The number of carbonyl (C=O) groups excluding carboxylic acids is 2. The molecule has 7 nitrogen and oxygen atoms in total. The van der Waals surface area contributed by atoms with Crippen LogP contribution in [0, 0.1) is 23.0 Å². The second-order valence-electron chi connectivity index (χ2n) is 7.37. The first-order chi connectivity index (χ1) is 13.3. The number of nitro groups is 1. The van der Waals surface area contributed by atoms with E-state index in [0.29, 0.717) is 24.2 Å². The third-order valence-corrected chi connectivity index (χ3v) is 4.97. The number of rotatable bonds is 5. The van der Waals surface area contributed by atoms with Gasteiger partial charge in [0, 0.05) is 24.2 Å². The van der Waals surface area contributed by atoms with Gasteiger partial charge in [-0.25, -0.2) is 0 Å². The molecule has 2 aromatic rings. The predicted octanol–water partition coefficient (Wildman–Crippen LogP) is 3.25. The van der Waals surface area contributed by atoms with Crippen LogP contribution in [0.1, 0.15) is 35.3 Å². The largest absolute Gasteiger partial charge is 0.340 e. The summed E-state index contributed by atoms with van der Waals surface area (Å²) in [6.07, 6.45) is 0.635. The zero-order valence-electron chi connectivity index (χ0n) is 16.1. The van der Waals surface area contributed by atoms with E-state index in [-0.39, 0.29) is 23.4 Å². The highest BCUT2D eigenvalue weighted by Crippen LogP contribution is 2.32. The number of nitrogens with one attached hydrogen (secondary N) is 1. The smallest absolute Gasteiger partial charge is 0.271 e. The number of anilines is 1. The van der Waals surface area contributed by atoms with Gasteiger partial charge in [0.15, 0.2) is 0 Å². The summed E-state index contributed by atoms with van der Waals surface area (Å²) >= 11 is 0. The van der Waals surface area contributed by atoms with Crippen molar-refractivity contribution in [1.29, 1.82) is 0 Å². The van der Waals surface area contributed by atoms with E-state index in [0.717, 1.165) is 11.1 Å². The molecule has 3 rings (SSSR count). The lowest BCUT2D eigenvalue weighted by atomic mass is 10.0. The molecular formula is C21H23N3O4. The number of hydrogen-bond donors (Lipinski definition) is 1. The van der Waals surface area contributed by atoms with Crippen LogP contribution in [0.15, 0.2) is 42.5 Å². The van der Waals surface area contributed by atoms with E-state index in [1.165, 1.54) is 12.1 Å². The molecule has 146 valence electrons. The highest BCUT2D eigenvalue weighted by molar-refractivity contribution is 6.03. The van der Waals surface area contributed by atoms with Crippen molar-refractivity contribution in [3.05, 3.63) is 69.3 Å². The molecule has 0 radical (unpaired) electrons. The maximum Gasteiger partial charge on any atom is 0.271 e. The van der Waals surface area contributed by atoms with Crippen LogP contribution in [0.4, 0.5) is 11.4 Å². The van der Waals surface area contributed by atoms with Crippen LogP contribution < -0.4 is 10.2 Å². The normalized spacial score (nSPS) is 13.9. The topological polar surface area (TPSA) is 92.6 Å². The minimum absolute atomic E-state index is 0.0526. The van der Waals surface area contributed by atoms with Crippen molar-refractivity contribution in [3.8, 4) is 0 Å². The standard InChI is InChI=1S/C21H23N3O4/c1-13(2)19(22-20(25)16-6-4-14(3)5-7-16)21(26)23-11-10-15-8-9-17(24(27)28)12-18(15)23/h4-9,12-13,19H,10-11H2,1-3H3,(H,22,25). The first-order valence-electron chi connectivity index (χ1n) is 9.24. The van der Waals surface area contributed by atoms with Crippen LogP contribution in [0.2, 0.25) is 0 Å². The van der Waals surface area contributed by atoms with E-state index in [2.05, 4.69) is 5.32 Å². The van der Waals surface area contributed by atoms with Crippen LogP contribution in [0.5, 0.6) is 0 Å². The SMILES string of the molecule is Cc1ccc(C(=O)NC(C(=O)N2CCc3ccc([N+](=O)[O-])cc32)C(C)C)cc1. The van der Waals surface area contributed by atoms with Crippen molar-refractivity contribution in [3.63, 3.8) is 0 Å². The Morgan fingerprint density at radius 3 is 2.43 bits per heavy atom. The van der Waals surface area contributed by atoms with E-state index in [1.807, 2.05) is 32.9 Å². The third-order valence-electron chi connectivity index (χ3n) is 4.97. The lowest BCUT2D eigenvalue weighted by molar-refractivity contribution is -0.384. The maximum absolute atomic E-state index is 13.2. The molecule has 2 amide bonds. The molecular weight excluding hydrogens is 358 g/mol. The van der Waals surface area contributed by atoms with Gasteiger partial charge in [0.1, 0.15) is 6.04 Å². The number of carbonyl (C=O) groups is 2. The van der Waals surface area contributed by atoms with Gasteiger partial charge in [0.25, 0.3) is 11.6 Å². The average Bonchev–Trinajstić information content (AvgIpc) is 3.08. The van der Waals surface area contributed by atoms with Gasteiger partial charge in [0.2, 0.25) is 5.91 Å². The molecule has 1 aliphatic heterocycles. The van der Waals surface area contributed by atoms with Crippen LogP contribution in [-0.4, -0.2) is 29.3 Å². The molecule has 0 fully saturated rings. The first kappa shape index (κ1) is 19.5. The monoisotopic (exact) mass is 381 g/mol. The first-order valence-corrected chi connectivity index (χ1v) is 9.24. The van der Waals surface area contributed by atoms with Crippen LogP contribution in [-0.2, 0) is 11.2 Å². The molecule has 1 unspecified atom stereocenters. The number of hydrogen-bond acceptors (Lipinski definition) is 4. The highest BCUT2D eigenvalue weighted by atomic mass is 16.6. The lowest BCUT2D eigenvalue weighted by Crippen LogP contribution is -2.51. The summed E-state index contributed by atoms with van der Waals surface area (Å²) < 4.78 is 0. The Kier molecular flexibility index (Phi) is 5.44. The molecule has 0 saturated carbocycles. The Bertz CT molecular complexity index is 922. The van der Waals surface area contributed by atoms with E-state index >= 15 is 0 Å². The fraction of sp³-hybridized carbons (Fsp3) is 0.333. The zero-order chi connectivity index (χ0) is 20.4. The number of fused-ring (bicyclic) bond motifs is 1. The van der Waals surface area contributed by atoms with Gasteiger partial charge < -0.3 is 10.2 Å². The lowest BCUT2D eigenvalue weighted by Gasteiger charge is -2.27. The number of nitrogens with zero attached hydrogens (tertiary/aromatic N) is 2. The van der Waals surface area contributed by atoms with Crippen molar-refractivity contribution in [2.75, 3.05) is 11.4 Å². The minimum Gasteiger partial charge on any atom is -0.340 e. The van der Waals surface area contributed by atoms with Gasteiger partial charge in [0.05, 0.1) is 10.6 Å². The Balaban J connectivity index is 1.83. The number of nitro benzene ring substituents is 1. The summed E-state index contributed by atoms with van der Waals surface area (Å²) in [5.74, 6) is -0.704. The molecule has 0 spiro atoms. The van der Waals surface area contributed by atoms with Crippen LogP contribution in [0.3, 0.4) is 0 Å². The number of non-ortho nitro benzene ring substituents is 1. The highest BCUT2D eigenvalue weighted by Gasteiger charge is 2.34. The van der Waals surface area contributed by atoms with Crippen LogP contribution >= 0.6 is 0 Å². The van der Waals surface area contributed by atoms with E-state index in [9.17, 15) is 19.7 Å². The molecule has 0 aromatic heterocycles. The number of amides is 2. The molecule has 0 aliphatic carbocycles. The molecule has 1 aliphatic rings. The minimum atomic E-state index is -0.723. The summed E-state index contributed by atoms with van der Waals surface area (Å²) in [7, 11) is 0. The molecule has 1 heterocycles. The fourth-order valence-electron chi connectivity index (χ4n) is 3.32. The number of aryl methyl sites for hydroxylation is 1. The van der Waals surface area contributed by atoms with Gasteiger partial charge in [-0.1, -0.05) is 37.6 Å². The summed E-state index contributed by atoms with van der Waals surface area (Å²) in [6, 6.07) is 11.0. The summed E-state index contributed by atoms with van der Waals surface area (Å²) in [4.78, 5) is 38.0. The Morgan fingerprint density at radius 1 is 1.14 bits per heavy atom. The fourth-order valence-corrected chi connectivity index (χ4v) is 3.32. The number of benzene rings is 2. The summed E-state index contributed by atoms with van der Waals surface area (Å²) in [5, 5.41) is 13.9. The van der Waals surface area contributed by atoms with Gasteiger partial charge in [-0.3, -0.25) is 19.7 Å². The van der Waals surface area contributed by atoms with Crippen molar-refractivity contribution >= 4 is 23.2 Å². The van der Waals surface area contributed by atoms with Gasteiger partial charge in [-0.05, 0) is 37.0 Å². The van der Waals surface area contributed by atoms with E-state index in [1.54, 1.807) is 23.1 Å². The van der Waals surface area contributed by atoms with Crippen molar-refractivity contribution < 1.29 is 14.5 Å². The Labute approximate surface area is 163 Å². The maximum atomic E-state index is 13.2. The molecule has 7 heteroatoms. The van der Waals surface area contributed by atoms with Crippen LogP contribution in [0.25, 0.3) is 0 Å². The van der Waals surface area contributed by atoms with Crippen molar-refractivity contribution in [2.24, 2.45) is 5.92 Å². The molecule has 1 N–H and O–H groups in total. The average molecular weight is 381 g/mol. The van der Waals surface area contributed by atoms with Gasteiger partial charge >= 0.3 is 0 Å². The molecule has 2 aromatic carbocycles. The summed E-state index contributed by atoms with van der Waals surface area (Å²) in [5.41, 5.74) is 2.92.